The van der Waals surface area contributed by atoms with E-state index in [1.165, 1.54) is 28.9 Å². The molecule has 0 radical (unpaired) electrons. The molecule has 0 bridgehead atoms. The zero-order valence-electron chi connectivity index (χ0n) is 11.8. The average molecular weight is 294 g/mol. The number of anilines is 1. The van der Waals surface area contributed by atoms with Gasteiger partial charge in [0.25, 0.3) is 5.91 Å². The number of amides is 1. The van der Waals surface area contributed by atoms with Crippen LogP contribution in [0.25, 0.3) is 0 Å². The first kappa shape index (κ1) is 15.0. The van der Waals surface area contributed by atoms with Crippen molar-refractivity contribution in [2.24, 2.45) is 0 Å². The third-order valence-corrected chi connectivity index (χ3v) is 3.14. The maximum Gasteiger partial charge on any atom is 0.274 e. The normalized spacial score (nSPS) is 10.7. The standard InChI is InChI=1S/C14H16F2N4O/c1-3-20-13(12(17)7-18-20)14(21)19(2)8-9-4-5-10(15)6-11(9)16/h4-7H,3,8,17H2,1-2H3. The molecule has 0 aliphatic carbocycles. The van der Waals surface area contributed by atoms with E-state index < -0.39 is 11.6 Å². The number of aryl methyl sites for hydroxylation is 1. The lowest BCUT2D eigenvalue weighted by Crippen LogP contribution is -2.29. The highest BCUT2D eigenvalue weighted by Crippen LogP contribution is 2.16. The number of benzene rings is 1. The molecule has 0 aliphatic rings. The predicted octanol–water partition coefficient (Wildman–Crippen LogP) is 2.04. The van der Waals surface area contributed by atoms with Crippen LogP contribution in [-0.2, 0) is 13.1 Å². The summed E-state index contributed by atoms with van der Waals surface area (Å²) in [7, 11) is 1.53. The zero-order chi connectivity index (χ0) is 15.6. The molecule has 2 rings (SSSR count). The maximum absolute atomic E-state index is 13.6. The van der Waals surface area contributed by atoms with E-state index in [1.807, 2.05) is 6.92 Å². The number of rotatable bonds is 4. The number of hydrogen-bond acceptors (Lipinski definition) is 3. The molecule has 1 amide bonds. The molecule has 0 saturated carbocycles. The quantitative estimate of drug-likeness (QED) is 0.938. The van der Waals surface area contributed by atoms with Gasteiger partial charge in [0.05, 0.1) is 11.9 Å². The van der Waals surface area contributed by atoms with Crippen molar-refractivity contribution in [3.63, 3.8) is 0 Å². The SMILES string of the molecule is CCn1ncc(N)c1C(=O)N(C)Cc1ccc(F)cc1F. The van der Waals surface area contributed by atoms with Crippen molar-refractivity contribution in [1.82, 2.24) is 14.7 Å². The number of nitrogen functional groups attached to an aromatic ring is 1. The summed E-state index contributed by atoms with van der Waals surface area (Å²) in [6, 6.07) is 3.26. The Morgan fingerprint density at radius 3 is 2.76 bits per heavy atom. The predicted molar refractivity (Wildman–Crippen MR) is 74.5 cm³/mol. The first-order valence-corrected chi connectivity index (χ1v) is 6.44. The van der Waals surface area contributed by atoms with Crippen LogP contribution in [-0.4, -0.2) is 27.6 Å². The van der Waals surface area contributed by atoms with Gasteiger partial charge in [-0.05, 0) is 13.0 Å². The van der Waals surface area contributed by atoms with Gasteiger partial charge < -0.3 is 10.6 Å². The van der Waals surface area contributed by atoms with E-state index in [-0.39, 0.29) is 29.4 Å². The van der Waals surface area contributed by atoms with E-state index in [9.17, 15) is 13.6 Å². The smallest absolute Gasteiger partial charge is 0.274 e. The summed E-state index contributed by atoms with van der Waals surface area (Å²) in [6.07, 6.45) is 1.41. The summed E-state index contributed by atoms with van der Waals surface area (Å²) >= 11 is 0. The number of halogens is 2. The highest BCUT2D eigenvalue weighted by Gasteiger charge is 2.21. The van der Waals surface area contributed by atoms with Crippen LogP contribution < -0.4 is 5.73 Å². The molecule has 21 heavy (non-hydrogen) atoms. The van der Waals surface area contributed by atoms with Crippen molar-refractivity contribution in [3.8, 4) is 0 Å². The lowest BCUT2D eigenvalue weighted by atomic mass is 10.2. The molecule has 1 aromatic carbocycles. The number of hydrogen-bond donors (Lipinski definition) is 1. The van der Waals surface area contributed by atoms with Crippen molar-refractivity contribution in [2.45, 2.75) is 20.0 Å². The third-order valence-electron chi connectivity index (χ3n) is 3.14. The van der Waals surface area contributed by atoms with E-state index in [4.69, 9.17) is 5.73 Å². The van der Waals surface area contributed by atoms with Crippen LogP contribution in [0.2, 0.25) is 0 Å². The van der Waals surface area contributed by atoms with Crippen LogP contribution in [0, 0.1) is 11.6 Å². The first-order chi connectivity index (χ1) is 9.93. The minimum atomic E-state index is -0.688. The summed E-state index contributed by atoms with van der Waals surface area (Å²) in [5, 5.41) is 3.99. The Labute approximate surface area is 121 Å². The Kier molecular flexibility index (Phi) is 4.21. The second-order valence-electron chi connectivity index (χ2n) is 4.66. The van der Waals surface area contributed by atoms with Crippen molar-refractivity contribution in [3.05, 3.63) is 47.3 Å². The highest BCUT2D eigenvalue weighted by molar-refractivity contribution is 5.97. The van der Waals surface area contributed by atoms with Gasteiger partial charge >= 0.3 is 0 Å². The molecule has 1 aromatic heterocycles. The van der Waals surface area contributed by atoms with Gasteiger partial charge in [-0.2, -0.15) is 5.10 Å². The van der Waals surface area contributed by atoms with Gasteiger partial charge in [0.15, 0.2) is 0 Å². The fraction of sp³-hybridized carbons (Fsp3) is 0.286. The molecule has 112 valence electrons. The van der Waals surface area contributed by atoms with Gasteiger partial charge in [0.2, 0.25) is 0 Å². The van der Waals surface area contributed by atoms with Crippen LogP contribution in [0.15, 0.2) is 24.4 Å². The van der Waals surface area contributed by atoms with Gasteiger partial charge in [-0.1, -0.05) is 6.07 Å². The number of nitrogens with two attached hydrogens (primary N) is 1. The maximum atomic E-state index is 13.6. The number of nitrogens with zero attached hydrogens (tertiary/aromatic N) is 3. The minimum Gasteiger partial charge on any atom is -0.396 e. The van der Waals surface area contributed by atoms with Crippen LogP contribution >= 0.6 is 0 Å². The number of carbonyl (C=O) groups excluding carboxylic acids is 1. The van der Waals surface area contributed by atoms with Gasteiger partial charge in [0, 0.05) is 31.8 Å². The molecule has 0 spiro atoms. The molecule has 0 fully saturated rings. The zero-order valence-corrected chi connectivity index (χ0v) is 11.8. The second-order valence-corrected chi connectivity index (χ2v) is 4.66. The summed E-state index contributed by atoms with van der Waals surface area (Å²) in [5.41, 5.74) is 6.51. The Balaban J connectivity index is 2.21. The fourth-order valence-corrected chi connectivity index (χ4v) is 2.03. The Bertz CT molecular complexity index is 669. The van der Waals surface area contributed by atoms with Crippen LogP contribution in [0.5, 0.6) is 0 Å². The summed E-state index contributed by atoms with van der Waals surface area (Å²) in [6.45, 7) is 2.35. The molecule has 7 heteroatoms. The van der Waals surface area contributed by atoms with Crippen molar-refractivity contribution in [2.75, 3.05) is 12.8 Å². The van der Waals surface area contributed by atoms with Crippen molar-refractivity contribution < 1.29 is 13.6 Å². The lowest BCUT2D eigenvalue weighted by Gasteiger charge is -2.18. The van der Waals surface area contributed by atoms with Crippen LogP contribution in [0.3, 0.4) is 0 Å². The van der Waals surface area contributed by atoms with E-state index in [1.54, 1.807) is 0 Å². The fourth-order valence-electron chi connectivity index (χ4n) is 2.03. The third kappa shape index (κ3) is 3.01. The Morgan fingerprint density at radius 1 is 1.43 bits per heavy atom. The molecule has 0 atom stereocenters. The van der Waals surface area contributed by atoms with Gasteiger partial charge in [-0.3, -0.25) is 9.48 Å². The largest absolute Gasteiger partial charge is 0.396 e. The average Bonchev–Trinajstić information content (AvgIpc) is 2.82. The van der Waals surface area contributed by atoms with Crippen molar-refractivity contribution >= 4 is 11.6 Å². The number of aromatic nitrogens is 2. The topological polar surface area (TPSA) is 64.2 Å². The summed E-state index contributed by atoms with van der Waals surface area (Å²) < 4.78 is 28.0. The highest BCUT2D eigenvalue weighted by atomic mass is 19.1. The molecule has 0 saturated heterocycles. The Morgan fingerprint density at radius 2 is 2.14 bits per heavy atom. The van der Waals surface area contributed by atoms with Crippen LogP contribution in [0.4, 0.5) is 14.5 Å². The van der Waals surface area contributed by atoms with E-state index >= 15 is 0 Å². The minimum absolute atomic E-state index is 0.0132. The molecular formula is C14H16F2N4O. The summed E-state index contributed by atoms with van der Waals surface area (Å²) in [4.78, 5) is 13.7. The lowest BCUT2D eigenvalue weighted by molar-refractivity contribution is 0.0772. The van der Waals surface area contributed by atoms with Crippen LogP contribution in [0.1, 0.15) is 23.0 Å². The molecule has 2 N–H and O–H groups in total. The second kappa shape index (κ2) is 5.90. The molecule has 1 heterocycles. The van der Waals surface area contributed by atoms with Gasteiger partial charge in [-0.25, -0.2) is 8.78 Å². The summed E-state index contributed by atoms with van der Waals surface area (Å²) in [5.74, 6) is -1.71. The van der Waals surface area contributed by atoms with Crippen molar-refractivity contribution in [1.29, 1.82) is 0 Å². The van der Waals surface area contributed by atoms with E-state index in [0.29, 0.717) is 6.54 Å². The van der Waals surface area contributed by atoms with E-state index in [2.05, 4.69) is 5.10 Å². The molecule has 2 aromatic rings. The molecule has 5 nitrogen and oxygen atoms in total. The molecular weight excluding hydrogens is 278 g/mol. The molecule has 0 aliphatic heterocycles. The Hall–Kier alpha value is -2.44. The van der Waals surface area contributed by atoms with Gasteiger partial charge in [0.1, 0.15) is 17.3 Å². The first-order valence-electron chi connectivity index (χ1n) is 6.44. The van der Waals surface area contributed by atoms with E-state index in [0.717, 1.165) is 12.1 Å². The number of carbonyl (C=O) groups is 1. The monoisotopic (exact) mass is 294 g/mol. The van der Waals surface area contributed by atoms with Gasteiger partial charge in [-0.15, -0.1) is 0 Å². The molecule has 0 unspecified atom stereocenters.